The van der Waals surface area contributed by atoms with Gasteiger partial charge in [0.2, 0.25) is 5.91 Å². The van der Waals surface area contributed by atoms with E-state index in [9.17, 15) is 9.59 Å². The Morgan fingerprint density at radius 3 is 2.54 bits per heavy atom. The molecule has 0 atom stereocenters. The molecule has 0 radical (unpaired) electrons. The molecule has 26 heavy (non-hydrogen) atoms. The number of amides is 2. The minimum atomic E-state index is -0.289. The molecule has 1 heterocycles. The van der Waals surface area contributed by atoms with E-state index in [-0.39, 0.29) is 11.8 Å². The molecule has 3 rings (SSSR count). The molecule has 0 bridgehead atoms. The van der Waals surface area contributed by atoms with Crippen molar-refractivity contribution in [1.82, 2.24) is 4.98 Å². The Labute approximate surface area is 154 Å². The lowest BCUT2D eigenvalue weighted by Gasteiger charge is -2.11. The fourth-order valence-electron chi connectivity index (χ4n) is 2.36. The van der Waals surface area contributed by atoms with Crippen LogP contribution in [0.2, 0.25) is 0 Å². The van der Waals surface area contributed by atoms with Crippen molar-refractivity contribution in [3.05, 3.63) is 59.6 Å². The lowest BCUT2D eigenvalue weighted by Crippen LogP contribution is -2.12. The molecule has 132 valence electrons. The molecule has 2 N–H and O–H groups in total. The summed E-state index contributed by atoms with van der Waals surface area (Å²) in [5.74, 6) is 0.0191. The monoisotopic (exact) mass is 367 g/mol. The van der Waals surface area contributed by atoms with Gasteiger partial charge in [-0.3, -0.25) is 9.59 Å². The van der Waals surface area contributed by atoms with Gasteiger partial charge >= 0.3 is 0 Å². The first-order valence-corrected chi connectivity index (χ1v) is 8.66. The largest absolute Gasteiger partial charge is 0.495 e. The lowest BCUT2D eigenvalue weighted by molar-refractivity contribution is -0.114. The molecule has 3 aromatic rings. The zero-order valence-corrected chi connectivity index (χ0v) is 15.1. The zero-order chi connectivity index (χ0) is 18.5. The van der Waals surface area contributed by atoms with Crippen LogP contribution < -0.4 is 15.4 Å². The van der Waals surface area contributed by atoms with Gasteiger partial charge in [-0.1, -0.05) is 30.3 Å². The van der Waals surface area contributed by atoms with Crippen molar-refractivity contribution >= 4 is 34.5 Å². The van der Waals surface area contributed by atoms with Crippen LogP contribution in [-0.2, 0) is 4.79 Å². The minimum absolute atomic E-state index is 0.192. The SMILES string of the molecule is COc1ccc(NC(C)=O)cc1NC(=O)c1cnc(-c2ccccc2)s1. The lowest BCUT2D eigenvalue weighted by atomic mass is 10.2. The zero-order valence-electron chi connectivity index (χ0n) is 14.3. The second-order valence-electron chi connectivity index (χ2n) is 5.45. The third-order valence-corrected chi connectivity index (χ3v) is 4.56. The van der Waals surface area contributed by atoms with Gasteiger partial charge in [0.15, 0.2) is 0 Å². The summed E-state index contributed by atoms with van der Waals surface area (Å²) in [5.41, 5.74) is 2.00. The Kier molecular flexibility index (Phi) is 5.28. The molecule has 2 amide bonds. The molecule has 0 fully saturated rings. The van der Waals surface area contributed by atoms with Crippen molar-refractivity contribution in [3.8, 4) is 16.3 Å². The van der Waals surface area contributed by atoms with Crippen LogP contribution >= 0.6 is 11.3 Å². The molecule has 0 aliphatic rings. The second kappa shape index (κ2) is 7.79. The van der Waals surface area contributed by atoms with Gasteiger partial charge in [-0.05, 0) is 18.2 Å². The highest BCUT2D eigenvalue weighted by atomic mass is 32.1. The van der Waals surface area contributed by atoms with Crippen molar-refractivity contribution in [1.29, 1.82) is 0 Å². The Morgan fingerprint density at radius 2 is 1.85 bits per heavy atom. The predicted octanol–water partition coefficient (Wildman–Crippen LogP) is 4.03. The predicted molar refractivity (Wildman–Crippen MR) is 103 cm³/mol. The minimum Gasteiger partial charge on any atom is -0.495 e. The van der Waals surface area contributed by atoms with Gasteiger partial charge in [-0.25, -0.2) is 4.98 Å². The van der Waals surface area contributed by atoms with Crippen molar-refractivity contribution in [2.45, 2.75) is 6.92 Å². The third kappa shape index (κ3) is 4.07. The van der Waals surface area contributed by atoms with Gasteiger partial charge in [0.05, 0.1) is 19.0 Å². The molecule has 0 aliphatic heterocycles. The summed E-state index contributed by atoms with van der Waals surface area (Å²) in [5, 5.41) is 6.26. The van der Waals surface area contributed by atoms with E-state index >= 15 is 0 Å². The molecule has 6 nitrogen and oxygen atoms in total. The summed E-state index contributed by atoms with van der Waals surface area (Å²) in [6.45, 7) is 1.42. The fraction of sp³-hybridized carbons (Fsp3) is 0.105. The van der Waals surface area contributed by atoms with Crippen molar-refractivity contribution in [3.63, 3.8) is 0 Å². The Balaban J connectivity index is 1.81. The number of hydrogen-bond donors (Lipinski definition) is 2. The second-order valence-corrected chi connectivity index (χ2v) is 6.48. The standard InChI is InChI=1S/C19H17N3O3S/c1-12(23)21-14-8-9-16(25-2)15(10-14)22-18(24)17-11-20-19(26-17)13-6-4-3-5-7-13/h3-11H,1-2H3,(H,21,23)(H,22,24). The van der Waals surface area contributed by atoms with E-state index in [2.05, 4.69) is 15.6 Å². The van der Waals surface area contributed by atoms with Gasteiger partial charge in [0.25, 0.3) is 5.91 Å². The van der Waals surface area contributed by atoms with Gasteiger partial charge in [-0.15, -0.1) is 11.3 Å². The van der Waals surface area contributed by atoms with E-state index < -0.39 is 0 Å². The molecule has 0 saturated carbocycles. The number of hydrogen-bond acceptors (Lipinski definition) is 5. The Hall–Kier alpha value is -3.19. The van der Waals surface area contributed by atoms with Crippen LogP contribution in [0, 0.1) is 0 Å². The van der Waals surface area contributed by atoms with Crippen LogP contribution in [0.1, 0.15) is 16.6 Å². The molecule has 0 unspecified atom stereocenters. The smallest absolute Gasteiger partial charge is 0.267 e. The highest BCUT2D eigenvalue weighted by Gasteiger charge is 2.14. The van der Waals surface area contributed by atoms with Crippen LogP contribution in [0.5, 0.6) is 5.75 Å². The van der Waals surface area contributed by atoms with E-state index in [1.54, 1.807) is 24.4 Å². The number of carbonyl (C=O) groups is 2. The number of methoxy groups -OCH3 is 1. The summed E-state index contributed by atoms with van der Waals surface area (Å²) in [6, 6.07) is 14.7. The number of ether oxygens (including phenoxy) is 1. The third-order valence-electron chi connectivity index (χ3n) is 3.52. The molecule has 0 saturated heterocycles. The maximum Gasteiger partial charge on any atom is 0.267 e. The first-order chi connectivity index (χ1) is 12.6. The summed E-state index contributed by atoms with van der Waals surface area (Å²) in [6.07, 6.45) is 1.55. The molecule has 0 aliphatic carbocycles. The highest BCUT2D eigenvalue weighted by Crippen LogP contribution is 2.30. The number of thiazole rings is 1. The summed E-state index contributed by atoms with van der Waals surface area (Å²) >= 11 is 1.31. The van der Waals surface area contributed by atoms with E-state index in [4.69, 9.17) is 4.74 Å². The summed E-state index contributed by atoms with van der Waals surface area (Å²) in [4.78, 5) is 28.6. The number of anilines is 2. The maximum atomic E-state index is 12.6. The van der Waals surface area contributed by atoms with Crippen molar-refractivity contribution < 1.29 is 14.3 Å². The number of benzene rings is 2. The average Bonchev–Trinajstić information content (AvgIpc) is 3.12. The van der Waals surface area contributed by atoms with Gasteiger partial charge in [-0.2, -0.15) is 0 Å². The topological polar surface area (TPSA) is 80.3 Å². The van der Waals surface area contributed by atoms with Gasteiger partial charge in [0.1, 0.15) is 15.6 Å². The van der Waals surface area contributed by atoms with Crippen molar-refractivity contribution in [2.24, 2.45) is 0 Å². The van der Waals surface area contributed by atoms with Crippen LogP contribution in [0.15, 0.2) is 54.7 Å². The Bertz CT molecular complexity index is 938. The number of carbonyl (C=O) groups excluding carboxylic acids is 2. The first kappa shape index (κ1) is 17.6. The summed E-state index contributed by atoms with van der Waals surface area (Å²) < 4.78 is 5.28. The average molecular weight is 367 g/mol. The molecular weight excluding hydrogens is 350 g/mol. The first-order valence-electron chi connectivity index (χ1n) is 7.85. The van der Waals surface area contributed by atoms with E-state index in [0.717, 1.165) is 10.6 Å². The number of nitrogens with zero attached hydrogens (tertiary/aromatic N) is 1. The normalized spacial score (nSPS) is 10.2. The number of nitrogens with one attached hydrogen (secondary N) is 2. The van der Waals surface area contributed by atoms with Crippen LogP contribution in [0.4, 0.5) is 11.4 Å². The molecule has 0 spiro atoms. The number of rotatable bonds is 5. The fourth-order valence-corrected chi connectivity index (χ4v) is 3.18. The Morgan fingerprint density at radius 1 is 1.08 bits per heavy atom. The van der Waals surface area contributed by atoms with E-state index in [1.165, 1.54) is 25.4 Å². The van der Waals surface area contributed by atoms with Gasteiger partial charge < -0.3 is 15.4 Å². The van der Waals surface area contributed by atoms with Crippen molar-refractivity contribution in [2.75, 3.05) is 17.7 Å². The van der Waals surface area contributed by atoms with Crippen LogP contribution in [0.3, 0.4) is 0 Å². The molecular formula is C19H17N3O3S. The molecule has 2 aromatic carbocycles. The van der Waals surface area contributed by atoms with E-state index in [1.807, 2.05) is 30.3 Å². The van der Waals surface area contributed by atoms with Crippen LogP contribution in [0.25, 0.3) is 10.6 Å². The molecule has 7 heteroatoms. The maximum absolute atomic E-state index is 12.6. The quantitative estimate of drug-likeness (QED) is 0.713. The van der Waals surface area contributed by atoms with E-state index in [0.29, 0.717) is 22.0 Å². The van der Waals surface area contributed by atoms with Crippen LogP contribution in [-0.4, -0.2) is 23.9 Å². The molecule has 1 aromatic heterocycles. The number of aromatic nitrogens is 1. The summed E-state index contributed by atoms with van der Waals surface area (Å²) in [7, 11) is 1.52. The highest BCUT2D eigenvalue weighted by molar-refractivity contribution is 7.17. The van der Waals surface area contributed by atoms with Gasteiger partial charge in [0, 0.05) is 18.2 Å².